The first-order valence-electron chi connectivity index (χ1n) is 10.9. The lowest BCUT2D eigenvalue weighted by Crippen LogP contribution is -2.36. The van der Waals surface area contributed by atoms with Crippen LogP contribution in [0.1, 0.15) is 36.9 Å². The summed E-state index contributed by atoms with van der Waals surface area (Å²) in [6.07, 6.45) is 1.57. The summed E-state index contributed by atoms with van der Waals surface area (Å²) in [7, 11) is 0. The Balaban J connectivity index is 1.34. The van der Waals surface area contributed by atoms with Gasteiger partial charge in [-0.25, -0.2) is 0 Å². The van der Waals surface area contributed by atoms with Gasteiger partial charge < -0.3 is 25.2 Å². The standard InChI is InChI=1S/C24H30N4O2S/c1-17-16-20(7-10-22(17)28-11-3-4-23(28)29)26-24(31)25-18(2)19-5-8-21(9-6-19)27-12-14-30-15-13-27/h5-10,16,18H,3-4,11-15H2,1-2H3,(H2,25,26,31)/t18-/m1/s1. The van der Waals surface area contributed by atoms with Crippen LogP contribution in [0.4, 0.5) is 17.1 Å². The first-order chi connectivity index (χ1) is 15.0. The van der Waals surface area contributed by atoms with E-state index in [0.29, 0.717) is 11.5 Å². The Kier molecular flexibility index (Phi) is 6.73. The van der Waals surface area contributed by atoms with E-state index in [-0.39, 0.29) is 11.9 Å². The number of ether oxygens (including phenoxy) is 1. The molecule has 2 N–H and O–H groups in total. The van der Waals surface area contributed by atoms with Crippen molar-refractivity contribution in [3.63, 3.8) is 0 Å². The molecule has 1 amide bonds. The van der Waals surface area contributed by atoms with Crippen LogP contribution in [0.2, 0.25) is 0 Å². The van der Waals surface area contributed by atoms with Crippen LogP contribution in [-0.2, 0) is 9.53 Å². The van der Waals surface area contributed by atoms with Crippen molar-refractivity contribution in [2.24, 2.45) is 0 Å². The molecular formula is C24H30N4O2S. The van der Waals surface area contributed by atoms with E-state index in [0.717, 1.165) is 56.2 Å². The molecule has 2 aromatic rings. The predicted octanol–water partition coefficient (Wildman–Crippen LogP) is 4.01. The van der Waals surface area contributed by atoms with Crippen LogP contribution in [0.25, 0.3) is 0 Å². The lowest BCUT2D eigenvalue weighted by molar-refractivity contribution is -0.117. The summed E-state index contributed by atoms with van der Waals surface area (Å²) in [5.41, 5.74) is 5.38. The van der Waals surface area contributed by atoms with Crippen LogP contribution < -0.4 is 20.4 Å². The zero-order valence-electron chi connectivity index (χ0n) is 18.2. The van der Waals surface area contributed by atoms with Crippen molar-refractivity contribution in [3.05, 3.63) is 53.6 Å². The highest BCUT2D eigenvalue weighted by Crippen LogP contribution is 2.27. The van der Waals surface area contributed by atoms with Gasteiger partial charge >= 0.3 is 0 Å². The van der Waals surface area contributed by atoms with E-state index >= 15 is 0 Å². The molecule has 0 aromatic heterocycles. The highest BCUT2D eigenvalue weighted by Gasteiger charge is 2.23. The van der Waals surface area contributed by atoms with Crippen molar-refractivity contribution in [2.45, 2.75) is 32.7 Å². The molecule has 0 radical (unpaired) electrons. The maximum Gasteiger partial charge on any atom is 0.227 e. The predicted molar refractivity (Wildman–Crippen MR) is 130 cm³/mol. The Morgan fingerprint density at radius 1 is 1.10 bits per heavy atom. The molecule has 1 atom stereocenters. The minimum atomic E-state index is 0.0846. The topological polar surface area (TPSA) is 56.8 Å². The Labute approximate surface area is 189 Å². The minimum absolute atomic E-state index is 0.0846. The lowest BCUT2D eigenvalue weighted by Gasteiger charge is -2.29. The maximum absolute atomic E-state index is 12.0. The molecule has 31 heavy (non-hydrogen) atoms. The molecule has 2 saturated heterocycles. The number of morpholine rings is 1. The van der Waals surface area contributed by atoms with Gasteiger partial charge in [-0.3, -0.25) is 4.79 Å². The molecule has 2 aliphatic rings. The second-order valence-corrected chi connectivity index (χ2v) is 8.57. The number of thiocarbonyl (C=S) groups is 1. The summed E-state index contributed by atoms with van der Waals surface area (Å²) in [6, 6.07) is 14.7. The van der Waals surface area contributed by atoms with E-state index in [4.69, 9.17) is 17.0 Å². The third kappa shape index (κ3) is 5.17. The summed E-state index contributed by atoms with van der Waals surface area (Å²) in [5, 5.41) is 7.21. The molecule has 2 heterocycles. The van der Waals surface area contributed by atoms with Crippen LogP contribution in [0.15, 0.2) is 42.5 Å². The Hall–Kier alpha value is -2.64. The maximum atomic E-state index is 12.0. The van der Waals surface area contributed by atoms with E-state index in [1.54, 1.807) is 0 Å². The van der Waals surface area contributed by atoms with Crippen molar-refractivity contribution in [3.8, 4) is 0 Å². The zero-order valence-corrected chi connectivity index (χ0v) is 19.0. The van der Waals surface area contributed by atoms with Crippen molar-refractivity contribution >= 4 is 40.3 Å². The number of hydrogen-bond donors (Lipinski definition) is 2. The van der Waals surface area contributed by atoms with E-state index in [9.17, 15) is 4.79 Å². The average molecular weight is 439 g/mol. The van der Waals surface area contributed by atoms with Crippen molar-refractivity contribution in [1.82, 2.24) is 5.32 Å². The molecular weight excluding hydrogens is 408 g/mol. The summed E-state index contributed by atoms with van der Waals surface area (Å²) in [5.74, 6) is 0.203. The largest absolute Gasteiger partial charge is 0.378 e. The van der Waals surface area contributed by atoms with E-state index in [1.807, 2.05) is 30.0 Å². The average Bonchev–Trinajstić information content (AvgIpc) is 3.20. The molecule has 0 saturated carbocycles. The molecule has 2 aromatic carbocycles. The molecule has 2 fully saturated rings. The van der Waals surface area contributed by atoms with Crippen LogP contribution >= 0.6 is 12.2 Å². The number of benzene rings is 2. The van der Waals surface area contributed by atoms with Gasteiger partial charge in [-0.05, 0) is 73.9 Å². The fraction of sp³-hybridized carbons (Fsp3) is 0.417. The van der Waals surface area contributed by atoms with Gasteiger partial charge in [0.15, 0.2) is 5.11 Å². The van der Waals surface area contributed by atoms with Gasteiger partial charge in [0.25, 0.3) is 0 Å². The Morgan fingerprint density at radius 3 is 2.48 bits per heavy atom. The third-order valence-electron chi connectivity index (χ3n) is 5.94. The highest BCUT2D eigenvalue weighted by molar-refractivity contribution is 7.80. The van der Waals surface area contributed by atoms with Gasteiger partial charge in [-0.15, -0.1) is 0 Å². The number of amides is 1. The van der Waals surface area contributed by atoms with Gasteiger partial charge in [0.05, 0.1) is 19.3 Å². The van der Waals surface area contributed by atoms with Crippen LogP contribution in [0.3, 0.4) is 0 Å². The van der Waals surface area contributed by atoms with E-state index in [1.165, 1.54) is 11.3 Å². The van der Waals surface area contributed by atoms with Gasteiger partial charge in [-0.1, -0.05) is 12.1 Å². The number of carbonyl (C=O) groups excluding carboxylic acids is 1. The Morgan fingerprint density at radius 2 is 1.84 bits per heavy atom. The number of anilines is 3. The van der Waals surface area contributed by atoms with Crippen molar-refractivity contribution < 1.29 is 9.53 Å². The lowest BCUT2D eigenvalue weighted by atomic mass is 10.1. The minimum Gasteiger partial charge on any atom is -0.378 e. The van der Waals surface area contributed by atoms with Crippen LogP contribution in [0.5, 0.6) is 0 Å². The summed E-state index contributed by atoms with van der Waals surface area (Å²) < 4.78 is 5.43. The SMILES string of the molecule is Cc1cc(NC(=S)N[C@H](C)c2ccc(N3CCOCC3)cc2)ccc1N1CCCC1=O. The quantitative estimate of drug-likeness (QED) is 0.688. The fourth-order valence-corrected chi connectivity index (χ4v) is 4.48. The first kappa shape index (κ1) is 21.6. The molecule has 2 aliphatic heterocycles. The summed E-state index contributed by atoms with van der Waals surface area (Å²) in [4.78, 5) is 16.2. The molecule has 7 heteroatoms. The second kappa shape index (κ2) is 9.66. The third-order valence-corrected chi connectivity index (χ3v) is 6.16. The summed E-state index contributed by atoms with van der Waals surface area (Å²) in [6.45, 7) is 8.37. The second-order valence-electron chi connectivity index (χ2n) is 8.16. The van der Waals surface area contributed by atoms with Gasteiger partial charge in [-0.2, -0.15) is 0 Å². The van der Waals surface area contributed by atoms with Gasteiger partial charge in [0.1, 0.15) is 0 Å². The zero-order chi connectivity index (χ0) is 21.8. The number of nitrogens with zero attached hydrogens (tertiary/aromatic N) is 2. The van der Waals surface area contributed by atoms with Crippen molar-refractivity contribution in [1.29, 1.82) is 0 Å². The molecule has 6 nitrogen and oxygen atoms in total. The molecule has 0 spiro atoms. The van der Waals surface area contributed by atoms with E-state index < -0.39 is 0 Å². The van der Waals surface area contributed by atoms with Crippen molar-refractivity contribution in [2.75, 3.05) is 48.0 Å². The Bertz CT molecular complexity index is 941. The molecule has 164 valence electrons. The number of rotatable bonds is 5. The molecule has 0 bridgehead atoms. The molecule has 4 rings (SSSR count). The van der Waals surface area contributed by atoms with Crippen LogP contribution in [0, 0.1) is 6.92 Å². The smallest absolute Gasteiger partial charge is 0.227 e. The normalized spacial score (nSPS) is 17.5. The molecule has 0 unspecified atom stereocenters. The number of carbonyl (C=O) groups is 1. The fourth-order valence-electron chi connectivity index (χ4n) is 4.18. The number of nitrogens with one attached hydrogen (secondary N) is 2. The number of aryl methyl sites for hydroxylation is 1. The van der Waals surface area contributed by atoms with E-state index in [2.05, 4.69) is 46.7 Å². The monoisotopic (exact) mass is 438 g/mol. The van der Waals surface area contributed by atoms with Gasteiger partial charge in [0.2, 0.25) is 5.91 Å². The van der Waals surface area contributed by atoms with Crippen LogP contribution in [-0.4, -0.2) is 43.9 Å². The summed E-state index contributed by atoms with van der Waals surface area (Å²) >= 11 is 5.53. The van der Waals surface area contributed by atoms with Gasteiger partial charge in [0, 0.05) is 43.1 Å². The number of hydrogen-bond acceptors (Lipinski definition) is 4. The molecule has 0 aliphatic carbocycles. The highest BCUT2D eigenvalue weighted by atomic mass is 32.1. The first-order valence-corrected chi connectivity index (χ1v) is 11.3.